The molecule has 0 fully saturated rings. The molecule has 0 bridgehead atoms. The summed E-state index contributed by atoms with van der Waals surface area (Å²) < 4.78 is 5.27. The topological polar surface area (TPSA) is 38.3 Å². The quantitative estimate of drug-likeness (QED) is 0.913. The first-order valence-corrected chi connectivity index (χ1v) is 7.06. The normalized spacial score (nSPS) is 12.5. The summed E-state index contributed by atoms with van der Waals surface area (Å²) >= 11 is 1.57. The fourth-order valence-electron chi connectivity index (χ4n) is 2.47. The Morgan fingerprint density at radius 2 is 2.05 bits per heavy atom. The zero-order valence-corrected chi connectivity index (χ0v) is 11.8. The SMILES string of the molecule is CNC(=O)c1cc2c(s1)-c1ccc(OC)cc1CC2. The number of carbonyl (C=O) groups excluding carboxylic acids is 1. The van der Waals surface area contributed by atoms with Crippen molar-refractivity contribution < 1.29 is 9.53 Å². The van der Waals surface area contributed by atoms with Crippen molar-refractivity contribution in [3.05, 3.63) is 40.3 Å². The van der Waals surface area contributed by atoms with Gasteiger partial charge in [-0.1, -0.05) is 0 Å². The highest BCUT2D eigenvalue weighted by molar-refractivity contribution is 7.17. The lowest BCUT2D eigenvalue weighted by molar-refractivity contribution is 0.0967. The van der Waals surface area contributed by atoms with Crippen LogP contribution in [0.2, 0.25) is 0 Å². The van der Waals surface area contributed by atoms with Gasteiger partial charge in [0.2, 0.25) is 0 Å². The largest absolute Gasteiger partial charge is 0.497 e. The van der Waals surface area contributed by atoms with Crippen molar-refractivity contribution in [1.82, 2.24) is 5.32 Å². The van der Waals surface area contributed by atoms with Gasteiger partial charge in [-0.2, -0.15) is 0 Å². The number of aryl methyl sites for hydroxylation is 2. The lowest BCUT2D eigenvalue weighted by Gasteiger charge is -2.16. The van der Waals surface area contributed by atoms with E-state index < -0.39 is 0 Å². The van der Waals surface area contributed by atoms with E-state index in [0.717, 1.165) is 23.5 Å². The molecule has 0 saturated heterocycles. The van der Waals surface area contributed by atoms with Crippen molar-refractivity contribution in [2.75, 3.05) is 14.2 Å². The van der Waals surface area contributed by atoms with Gasteiger partial charge < -0.3 is 10.1 Å². The Bertz CT molecular complexity index is 646. The smallest absolute Gasteiger partial charge is 0.261 e. The van der Waals surface area contributed by atoms with Crippen LogP contribution in [0.25, 0.3) is 10.4 Å². The summed E-state index contributed by atoms with van der Waals surface area (Å²) in [5, 5.41) is 2.68. The van der Waals surface area contributed by atoms with Crippen LogP contribution in [0.15, 0.2) is 24.3 Å². The maximum atomic E-state index is 11.7. The van der Waals surface area contributed by atoms with Crippen LogP contribution >= 0.6 is 11.3 Å². The molecule has 3 nitrogen and oxygen atoms in total. The van der Waals surface area contributed by atoms with Gasteiger partial charge in [-0.05, 0) is 53.8 Å². The second-order valence-electron chi connectivity index (χ2n) is 4.57. The van der Waals surface area contributed by atoms with Crippen molar-refractivity contribution in [2.24, 2.45) is 0 Å². The fourth-order valence-corrected chi connectivity index (χ4v) is 3.69. The summed E-state index contributed by atoms with van der Waals surface area (Å²) in [5.41, 5.74) is 3.82. The third kappa shape index (κ3) is 2.02. The molecule has 1 amide bonds. The minimum absolute atomic E-state index is 0.00513. The van der Waals surface area contributed by atoms with Crippen LogP contribution in [-0.2, 0) is 12.8 Å². The van der Waals surface area contributed by atoms with Gasteiger partial charge >= 0.3 is 0 Å². The molecule has 0 spiro atoms. The molecule has 1 aliphatic rings. The second kappa shape index (κ2) is 4.70. The van der Waals surface area contributed by atoms with Gasteiger partial charge in [0.25, 0.3) is 5.91 Å². The van der Waals surface area contributed by atoms with Crippen LogP contribution in [0, 0.1) is 0 Å². The molecule has 0 radical (unpaired) electrons. The minimum atomic E-state index is -0.00513. The van der Waals surface area contributed by atoms with Crippen LogP contribution < -0.4 is 10.1 Å². The first-order chi connectivity index (χ1) is 9.22. The van der Waals surface area contributed by atoms with Crippen LogP contribution in [-0.4, -0.2) is 20.1 Å². The fraction of sp³-hybridized carbons (Fsp3) is 0.267. The maximum absolute atomic E-state index is 11.7. The van der Waals surface area contributed by atoms with E-state index in [1.54, 1.807) is 25.5 Å². The zero-order chi connectivity index (χ0) is 13.4. The van der Waals surface area contributed by atoms with E-state index >= 15 is 0 Å². The Balaban J connectivity index is 2.08. The molecule has 4 heteroatoms. The van der Waals surface area contributed by atoms with Crippen LogP contribution in [0.4, 0.5) is 0 Å². The summed E-state index contributed by atoms with van der Waals surface area (Å²) in [4.78, 5) is 13.7. The Morgan fingerprint density at radius 1 is 1.26 bits per heavy atom. The summed E-state index contributed by atoms with van der Waals surface area (Å²) in [6, 6.07) is 8.19. The number of amides is 1. The van der Waals surface area contributed by atoms with Gasteiger partial charge in [-0.3, -0.25) is 4.79 Å². The summed E-state index contributed by atoms with van der Waals surface area (Å²) in [7, 11) is 3.35. The number of benzene rings is 1. The van der Waals surface area contributed by atoms with Crippen LogP contribution in [0.5, 0.6) is 5.75 Å². The minimum Gasteiger partial charge on any atom is -0.497 e. The Labute approximate surface area is 116 Å². The van der Waals surface area contributed by atoms with Crippen molar-refractivity contribution in [1.29, 1.82) is 0 Å². The number of fused-ring (bicyclic) bond motifs is 3. The Kier molecular flexibility index (Phi) is 3.03. The molecular weight excluding hydrogens is 258 g/mol. The number of rotatable bonds is 2. The van der Waals surface area contributed by atoms with Crippen LogP contribution in [0.1, 0.15) is 20.8 Å². The van der Waals surface area contributed by atoms with Crippen LogP contribution in [0.3, 0.4) is 0 Å². The number of hydrogen-bond donors (Lipinski definition) is 1. The molecule has 0 atom stereocenters. The number of carbonyl (C=O) groups is 1. The van der Waals surface area contributed by atoms with E-state index in [0.29, 0.717) is 0 Å². The third-order valence-corrected chi connectivity index (χ3v) is 4.69. The molecule has 0 saturated carbocycles. The van der Waals surface area contributed by atoms with Crippen molar-refractivity contribution in [3.63, 3.8) is 0 Å². The maximum Gasteiger partial charge on any atom is 0.261 e. The molecule has 1 N–H and O–H groups in total. The Hall–Kier alpha value is -1.81. The van der Waals surface area contributed by atoms with E-state index in [9.17, 15) is 4.79 Å². The Morgan fingerprint density at radius 3 is 2.79 bits per heavy atom. The van der Waals surface area contributed by atoms with Crippen molar-refractivity contribution >= 4 is 17.2 Å². The first-order valence-electron chi connectivity index (χ1n) is 6.25. The average molecular weight is 273 g/mol. The third-order valence-electron chi connectivity index (χ3n) is 3.48. The highest BCUT2D eigenvalue weighted by atomic mass is 32.1. The van der Waals surface area contributed by atoms with Crippen molar-refractivity contribution in [2.45, 2.75) is 12.8 Å². The summed E-state index contributed by atoms with van der Waals surface area (Å²) in [6.07, 6.45) is 1.99. The van der Waals surface area contributed by atoms with Gasteiger partial charge in [-0.15, -0.1) is 11.3 Å². The standard InChI is InChI=1S/C15H15NO2S/c1-16-15(17)13-8-10-4-3-9-7-11(18-2)5-6-12(9)14(10)19-13/h5-8H,3-4H2,1-2H3,(H,16,17). The number of ether oxygens (including phenoxy) is 1. The number of hydrogen-bond acceptors (Lipinski definition) is 3. The van der Waals surface area contributed by atoms with Gasteiger partial charge in [0.05, 0.1) is 12.0 Å². The molecule has 0 unspecified atom stereocenters. The molecule has 19 heavy (non-hydrogen) atoms. The molecule has 98 valence electrons. The zero-order valence-electron chi connectivity index (χ0n) is 10.9. The van der Waals surface area contributed by atoms with E-state index in [2.05, 4.69) is 17.4 Å². The van der Waals surface area contributed by atoms with E-state index in [-0.39, 0.29) is 5.91 Å². The van der Waals surface area contributed by atoms with Gasteiger partial charge in [0.1, 0.15) is 5.75 Å². The molecule has 3 rings (SSSR count). The molecule has 0 aliphatic heterocycles. The number of methoxy groups -OCH3 is 1. The molecule has 1 heterocycles. The lowest BCUT2D eigenvalue weighted by atomic mass is 9.91. The lowest BCUT2D eigenvalue weighted by Crippen LogP contribution is -2.16. The van der Waals surface area contributed by atoms with Gasteiger partial charge in [-0.25, -0.2) is 0 Å². The molecular formula is C15H15NO2S. The predicted molar refractivity (Wildman–Crippen MR) is 77.1 cm³/mol. The molecule has 1 aromatic heterocycles. The second-order valence-corrected chi connectivity index (χ2v) is 5.62. The molecule has 1 aliphatic carbocycles. The molecule has 1 aromatic carbocycles. The summed E-state index contributed by atoms with van der Waals surface area (Å²) in [5.74, 6) is 0.889. The van der Waals surface area contributed by atoms with Gasteiger partial charge in [0, 0.05) is 11.9 Å². The first kappa shape index (κ1) is 12.2. The average Bonchev–Trinajstić information content (AvgIpc) is 2.90. The van der Waals surface area contributed by atoms with E-state index in [1.807, 2.05) is 12.1 Å². The number of thiophene rings is 1. The molecule has 2 aromatic rings. The number of nitrogens with one attached hydrogen (secondary N) is 1. The highest BCUT2D eigenvalue weighted by Gasteiger charge is 2.21. The van der Waals surface area contributed by atoms with Gasteiger partial charge in [0.15, 0.2) is 0 Å². The monoisotopic (exact) mass is 273 g/mol. The predicted octanol–water partition coefficient (Wildman–Crippen LogP) is 2.88. The summed E-state index contributed by atoms with van der Waals surface area (Å²) in [6.45, 7) is 0. The van der Waals surface area contributed by atoms with Crippen molar-refractivity contribution in [3.8, 4) is 16.2 Å². The highest BCUT2D eigenvalue weighted by Crippen LogP contribution is 2.40. The van der Waals surface area contributed by atoms with E-state index in [4.69, 9.17) is 4.74 Å². The van der Waals surface area contributed by atoms with E-state index in [1.165, 1.54) is 21.6 Å².